The lowest BCUT2D eigenvalue weighted by atomic mass is 9.84. The first-order chi connectivity index (χ1) is 7.72. The molecule has 1 N–H and O–H groups in total. The highest BCUT2D eigenvalue weighted by Crippen LogP contribution is 2.29. The average molecular weight is 249 g/mol. The molecule has 1 saturated carbocycles. The molecule has 1 atom stereocenters. The van der Waals surface area contributed by atoms with E-state index in [0.29, 0.717) is 12.7 Å². The molecule has 1 aliphatic carbocycles. The second kappa shape index (κ2) is 8.13. The fourth-order valence-electron chi connectivity index (χ4n) is 2.33. The Labute approximate surface area is 98.3 Å². The van der Waals surface area contributed by atoms with E-state index in [1.54, 1.807) is 7.11 Å². The molecule has 0 spiro atoms. The van der Waals surface area contributed by atoms with Gasteiger partial charge in [-0.3, -0.25) is 0 Å². The van der Waals surface area contributed by atoms with Gasteiger partial charge in [0, 0.05) is 11.7 Å². The standard InChI is InChI=1S/C11H21O4P/c1-14-11-7-5-10(6-8-11)4-2-3-9-15-16(12)13/h10-11H,2-9H2,1H3/p+1. The lowest BCUT2D eigenvalue weighted by molar-refractivity contribution is 0.0550. The summed E-state index contributed by atoms with van der Waals surface area (Å²) < 4.78 is 20.2. The Morgan fingerprint density at radius 3 is 2.50 bits per heavy atom. The van der Waals surface area contributed by atoms with Crippen LogP contribution in [0.25, 0.3) is 0 Å². The summed E-state index contributed by atoms with van der Waals surface area (Å²) in [5.74, 6) is 0.814. The molecule has 0 aliphatic heterocycles. The molecule has 1 fully saturated rings. The van der Waals surface area contributed by atoms with Gasteiger partial charge in [0.05, 0.1) is 6.10 Å². The predicted molar refractivity (Wildman–Crippen MR) is 62.4 cm³/mol. The highest BCUT2D eigenvalue weighted by molar-refractivity contribution is 7.32. The molecule has 94 valence electrons. The summed E-state index contributed by atoms with van der Waals surface area (Å²) in [5.41, 5.74) is 0. The Morgan fingerprint density at radius 2 is 1.94 bits per heavy atom. The van der Waals surface area contributed by atoms with Crippen molar-refractivity contribution in [2.75, 3.05) is 13.7 Å². The number of ether oxygens (including phenoxy) is 1. The van der Waals surface area contributed by atoms with Crippen LogP contribution in [-0.4, -0.2) is 24.7 Å². The highest BCUT2D eigenvalue weighted by Gasteiger charge is 2.20. The van der Waals surface area contributed by atoms with E-state index in [0.717, 1.165) is 18.8 Å². The number of rotatable bonds is 7. The SMILES string of the molecule is COC1CCC(CCCCO[P+](=O)O)CC1. The van der Waals surface area contributed by atoms with E-state index in [-0.39, 0.29) is 0 Å². The Morgan fingerprint density at radius 1 is 1.25 bits per heavy atom. The predicted octanol–water partition coefficient (Wildman–Crippen LogP) is 3.03. The summed E-state index contributed by atoms with van der Waals surface area (Å²) >= 11 is 0. The molecule has 0 saturated heterocycles. The molecule has 5 heteroatoms. The van der Waals surface area contributed by atoms with Crippen LogP contribution in [0.3, 0.4) is 0 Å². The first kappa shape index (κ1) is 14.0. The molecule has 1 rings (SSSR count). The van der Waals surface area contributed by atoms with Gasteiger partial charge in [-0.2, -0.15) is 0 Å². The van der Waals surface area contributed by atoms with Gasteiger partial charge in [0.1, 0.15) is 6.61 Å². The van der Waals surface area contributed by atoms with Crippen molar-refractivity contribution in [2.45, 2.75) is 51.0 Å². The number of methoxy groups -OCH3 is 1. The van der Waals surface area contributed by atoms with Gasteiger partial charge in [-0.05, 0) is 38.0 Å². The first-order valence-electron chi connectivity index (χ1n) is 6.04. The molecule has 0 radical (unpaired) electrons. The third kappa shape index (κ3) is 5.90. The molecule has 0 heterocycles. The first-order valence-corrected chi connectivity index (χ1v) is 7.17. The number of unbranched alkanes of at least 4 members (excludes halogenated alkanes) is 1. The lowest BCUT2D eigenvalue weighted by Gasteiger charge is -2.27. The highest BCUT2D eigenvalue weighted by atomic mass is 31.1. The van der Waals surface area contributed by atoms with E-state index in [2.05, 4.69) is 4.52 Å². The van der Waals surface area contributed by atoms with Crippen LogP contribution < -0.4 is 0 Å². The molecule has 1 aliphatic rings. The molecular weight excluding hydrogens is 227 g/mol. The van der Waals surface area contributed by atoms with Crippen LogP contribution in [0.1, 0.15) is 44.9 Å². The summed E-state index contributed by atoms with van der Waals surface area (Å²) in [6.45, 7) is 0.402. The molecule has 0 aromatic rings. The van der Waals surface area contributed by atoms with E-state index >= 15 is 0 Å². The second-order valence-corrected chi connectivity index (χ2v) is 5.18. The Kier molecular flexibility index (Phi) is 7.13. The summed E-state index contributed by atoms with van der Waals surface area (Å²) in [5, 5.41) is 0. The van der Waals surface area contributed by atoms with Gasteiger partial charge in [0.25, 0.3) is 0 Å². The van der Waals surface area contributed by atoms with Crippen LogP contribution in [0.15, 0.2) is 0 Å². The lowest BCUT2D eigenvalue weighted by Crippen LogP contribution is -2.20. The molecular formula is C11H22O4P+. The molecule has 0 aromatic heterocycles. The second-order valence-electron chi connectivity index (χ2n) is 4.45. The van der Waals surface area contributed by atoms with E-state index in [9.17, 15) is 4.57 Å². The quantitative estimate of drug-likeness (QED) is 0.556. The number of hydrogen-bond donors (Lipinski definition) is 1. The fourth-order valence-corrected chi connectivity index (χ4v) is 2.62. The minimum Gasteiger partial charge on any atom is -0.381 e. The maximum Gasteiger partial charge on any atom is 0.694 e. The van der Waals surface area contributed by atoms with Gasteiger partial charge in [-0.15, -0.1) is 9.42 Å². The van der Waals surface area contributed by atoms with Crippen molar-refractivity contribution in [1.82, 2.24) is 0 Å². The molecule has 0 bridgehead atoms. The van der Waals surface area contributed by atoms with Gasteiger partial charge in [0.2, 0.25) is 0 Å². The van der Waals surface area contributed by atoms with Crippen LogP contribution in [0.5, 0.6) is 0 Å². The third-order valence-corrected chi connectivity index (χ3v) is 3.74. The van der Waals surface area contributed by atoms with Crippen LogP contribution in [-0.2, 0) is 13.8 Å². The van der Waals surface area contributed by atoms with E-state index in [1.165, 1.54) is 32.1 Å². The van der Waals surface area contributed by atoms with Gasteiger partial charge in [0.15, 0.2) is 0 Å². The van der Waals surface area contributed by atoms with Crippen molar-refractivity contribution < 1.29 is 18.7 Å². The zero-order chi connectivity index (χ0) is 11.8. The Balaban J connectivity index is 1.96. The largest absolute Gasteiger partial charge is 0.694 e. The smallest absolute Gasteiger partial charge is 0.381 e. The summed E-state index contributed by atoms with van der Waals surface area (Å²) in [4.78, 5) is 8.43. The van der Waals surface area contributed by atoms with Crippen molar-refractivity contribution in [3.05, 3.63) is 0 Å². The summed E-state index contributed by atoms with van der Waals surface area (Å²) in [6, 6.07) is 0. The Hall–Kier alpha value is -0.0200. The maximum atomic E-state index is 10.2. The topological polar surface area (TPSA) is 55.8 Å². The summed E-state index contributed by atoms with van der Waals surface area (Å²) in [7, 11) is -0.616. The molecule has 0 amide bonds. The van der Waals surface area contributed by atoms with Crippen molar-refractivity contribution in [2.24, 2.45) is 5.92 Å². The monoisotopic (exact) mass is 249 g/mol. The van der Waals surface area contributed by atoms with Gasteiger partial charge in [-0.1, -0.05) is 12.8 Å². The molecule has 1 unspecified atom stereocenters. The molecule has 4 nitrogen and oxygen atoms in total. The van der Waals surface area contributed by atoms with Crippen molar-refractivity contribution in [3.8, 4) is 0 Å². The molecule has 0 aromatic carbocycles. The summed E-state index contributed by atoms with van der Waals surface area (Å²) in [6.07, 6.45) is 8.53. The van der Waals surface area contributed by atoms with Crippen molar-refractivity contribution in [3.63, 3.8) is 0 Å². The van der Waals surface area contributed by atoms with E-state index < -0.39 is 8.25 Å². The van der Waals surface area contributed by atoms with E-state index in [1.807, 2.05) is 0 Å². The zero-order valence-electron chi connectivity index (χ0n) is 9.93. The minimum atomic E-state index is -2.41. The average Bonchev–Trinajstić information content (AvgIpc) is 2.29. The zero-order valence-corrected chi connectivity index (χ0v) is 10.8. The Bertz CT molecular complexity index is 202. The van der Waals surface area contributed by atoms with Crippen molar-refractivity contribution in [1.29, 1.82) is 0 Å². The molecule has 16 heavy (non-hydrogen) atoms. The third-order valence-electron chi connectivity index (χ3n) is 3.34. The van der Waals surface area contributed by atoms with Crippen molar-refractivity contribution >= 4 is 8.25 Å². The van der Waals surface area contributed by atoms with E-state index in [4.69, 9.17) is 9.63 Å². The van der Waals surface area contributed by atoms with Gasteiger partial charge in [-0.25, -0.2) is 0 Å². The van der Waals surface area contributed by atoms with Crippen LogP contribution in [0, 0.1) is 5.92 Å². The fraction of sp³-hybridized carbons (Fsp3) is 1.00. The van der Waals surface area contributed by atoms with Crippen LogP contribution in [0.2, 0.25) is 0 Å². The minimum absolute atomic E-state index is 0.402. The normalized spacial score (nSPS) is 26.8. The van der Waals surface area contributed by atoms with Crippen LogP contribution >= 0.6 is 8.25 Å². The van der Waals surface area contributed by atoms with Gasteiger partial charge >= 0.3 is 8.25 Å². The van der Waals surface area contributed by atoms with Gasteiger partial charge < -0.3 is 4.74 Å². The number of hydrogen-bond acceptors (Lipinski definition) is 3. The van der Waals surface area contributed by atoms with Crippen LogP contribution in [0.4, 0.5) is 0 Å². The maximum absolute atomic E-state index is 10.2.